The highest BCUT2D eigenvalue weighted by Crippen LogP contribution is 2.49. The molecule has 1 aromatic heterocycles. The van der Waals surface area contributed by atoms with E-state index in [0.29, 0.717) is 19.3 Å². The SMILES string of the molecule is N#C[C@@H]1C[C@@H](O)[C@H](C=CCC(O)C2(c3cccs3)CCC2)[C@H]1CCCCCCC(=O)OCCO. The molecule has 2 fully saturated rings. The largest absolute Gasteiger partial charge is 0.463 e. The third-order valence-electron chi connectivity index (χ3n) is 7.75. The highest BCUT2D eigenvalue weighted by Gasteiger charge is 2.45. The molecule has 7 heteroatoms. The minimum Gasteiger partial charge on any atom is -0.463 e. The van der Waals surface area contributed by atoms with Gasteiger partial charge >= 0.3 is 5.97 Å². The lowest BCUT2D eigenvalue weighted by molar-refractivity contribution is -0.144. The van der Waals surface area contributed by atoms with Crippen molar-refractivity contribution in [3.8, 4) is 6.07 Å². The Morgan fingerprint density at radius 2 is 2.12 bits per heavy atom. The number of nitriles is 1. The van der Waals surface area contributed by atoms with Crippen LogP contribution < -0.4 is 0 Å². The zero-order valence-electron chi connectivity index (χ0n) is 20.0. The molecule has 0 saturated heterocycles. The quantitative estimate of drug-likeness (QED) is 0.202. The third kappa shape index (κ3) is 6.69. The van der Waals surface area contributed by atoms with Gasteiger partial charge in [-0.2, -0.15) is 5.26 Å². The maximum atomic E-state index is 11.5. The normalized spacial score (nSPS) is 26.8. The summed E-state index contributed by atoms with van der Waals surface area (Å²) in [6, 6.07) is 6.57. The monoisotopic (exact) mass is 489 g/mol. The number of carbonyl (C=O) groups excluding carboxylic acids is 1. The molecule has 0 spiro atoms. The predicted molar refractivity (Wildman–Crippen MR) is 132 cm³/mol. The van der Waals surface area contributed by atoms with Gasteiger partial charge in [-0.1, -0.05) is 43.9 Å². The van der Waals surface area contributed by atoms with Crippen LogP contribution in [0.15, 0.2) is 29.7 Å². The summed E-state index contributed by atoms with van der Waals surface area (Å²) in [5, 5.41) is 42.0. The summed E-state index contributed by atoms with van der Waals surface area (Å²) in [5.41, 5.74) is -0.119. The molecule has 1 unspecified atom stereocenters. The molecule has 3 rings (SSSR count). The second-order valence-electron chi connectivity index (χ2n) is 9.84. The zero-order valence-corrected chi connectivity index (χ0v) is 20.8. The first-order valence-corrected chi connectivity index (χ1v) is 13.6. The molecule has 1 aromatic rings. The summed E-state index contributed by atoms with van der Waals surface area (Å²) in [6.45, 7) is -0.0948. The lowest BCUT2D eigenvalue weighted by Gasteiger charge is -2.45. The lowest BCUT2D eigenvalue weighted by atomic mass is 9.63. The molecule has 0 aromatic carbocycles. The molecule has 6 nitrogen and oxygen atoms in total. The fourth-order valence-electron chi connectivity index (χ4n) is 5.65. The number of aliphatic hydroxyl groups is 3. The van der Waals surface area contributed by atoms with Crippen molar-refractivity contribution in [1.82, 2.24) is 0 Å². The van der Waals surface area contributed by atoms with Gasteiger partial charge in [-0.3, -0.25) is 4.79 Å². The Morgan fingerprint density at radius 1 is 1.32 bits per heavy atom. The summed E-state index contributed by atoms with van der Waals surface area (Å²) in [4.78, 5) is 12.8. The van der Waals surface area contributed by atoms with Gasteiger partial charge in [0.05, 0.1) is 30.8 Å². The molecular formula is C27H39NO5S. The molecule has 0 aliphatic heterocycles. The van der Waals surface area contributed by atoms with Gasteiger partial charge in [0, 0.05) is 22.6 Å². The third-order valence-corrected chi connectivity index (χ3v) is 8.84. The van der Waals surface area contributed by atoms with Gasteiger partial charge in [0.25, 0.3) is 0 Å². The van der Waals surface area contributed by atoms with E-state index in [2.05, 4.69) is 17.5 Å². The van der Waals surface area contributed by atoms with Crippen LogP contribution in [-0.4, -0.2) is 46.7 Å². The summed E-state index contributed by atoms with van der Waals surface area (Å²) in [5.74, 6) is -0.345. The van der Waals surface area contributed by atoms with Gasteiger partial charge in [-0.05, 0) is 55.9 Å². The molecule has 2 aliphatic rings. The second-order valence-corrected chi connectivity index (χ2v) is 10.8. The van der Waals surface area contributed by atoms with E-state index >= 15 is 0 Å². The first-order valence-electron chi connectivity index (χ1n) is 12.7. The molecule has 5 atom stereocenters. The Kier molecular flexibility index (Phi) is 10.6. The van der Waals surface area contributed by atoms with E-state index in [1.807, 2.05) is 18.2 Å². The zero-order chi connectivity index (χ0) is 24.4. The van der Waals surface area contributed by atoms with Crippen LogP contribution in [0.2, 0.25) is 0 Å². The maximum Gasteiger partial charge on any atom is 0.305 e. The molecule has 0 radical (unpaired) electrons. The van der Waals surface area contributed by atoms with Crippen molar-refractivity contribution >= 4 is 17.3 Å². The molecule has 34 heavy (non-hydrogen) atoms. The molecule has 1 heterocycles. The number of hydrogen-bond acceptors (Lipinski definition) is 7. The smallest absolute Gasteiger partial charge is 0.305 e. The maximum absolute atomic E-state index is 11.5. The molecule has 2 saturated carbocycles. The van der Waals surface area contributed by atoms with E-state index in [1.165, 1.54) is 4.88 Å². The fraction of sp³-hybridized carbons (Fsp3) is 0.704. The number of unbranched alkanes of at least 4 members (excludes halogenated alkanes) is 3. The summed E-state index contributed by atoms with van der Waals surface area (Å²) < 4.78 is 4.86. The molecule has 0 bridgehead atoms. The molecule has 3 N–H and O–H groups in total. The molecule has 2 aliphatic carbocycles. The topological polar surface area (TPSA) is 111 Å². The van der Waals surface area contributed by atoms with Crippen LogP contribution in [0, 0.1) is 29.1 Å². The van der Waals surface area contributed by atoms with Crippen LogP contribution in [0.3, 0.4) is 0 Å². The van der Waals surface area contributed by atoms with E-state index in [9.17, 15) is 20.3 Å². The Labute approximate surface area is 207 Å². The van der Waals surface area contributed by atoms with Crippen LogP contribution in [-0.2, 0) is 14.9 Å². The molecular weight excluding hydrogens is 450 g/mol. The van der Waals surface area contributed by atoms with E-state index in [4.69, 9.17) is 9.84 Å². The average Bonchev–Trinajstić information content (AvgIpc) is 3.43. The van der Waals surface area contributed by atoms with Crippen molar-refractivity contribution < 1.29 is 24.9 Å². The first-order chi connectivity index (χ1) is 16.5. The highest BCUT2D eigenvalue weighted by atomic mass is 32.1. The van der Waals surface area contributed by atoms with Crippen LogP contribution >= 0.6 is 11.3 Å². The van der Waals surface area contributed by atoms with Crippen molar-refractivity contribution in [3.63, 3.8) is 0 Å². The summed E-state index contributed by atoms with van der Waals surface area (Å²) in [7, 11) is 0. The number of nitrogens with zero attached hydrogens (tertiary/aromatic N) is 1. The Balaban J connectivity index is 1.46. The Morgan fingerprint density at radius 3 is 2.76 bits per heavy atom. The van der Waals surface area contributed by atoms with Crippen molar-refractivity contribution in [2.75, 3.05) is 13.2 Å². The predicted octanol–water partition coefficient (Wildman–Crippen LogP) is 4.49. The van der Waals surface area contributed by atoms with E-state index in [1.54, 1.807) is 11.3 Å². The first kappa shape index (κ1) is 26.9. The van der Waals surface area contributed by atoms with Crippen LogP contribution in [0.1, 0.15) is 75.5 Å². The number of aliphatic hydroxyl groups excluding tert-OH is 3. The van der Waals surface area contributed by atoms with E-state index in [-0.39, 0.29) is 42.4 Å². The number of carbonyl (C=O) groups is 1. The second kappa shape index (κ2) is 13.4. The summed E-state index contributed by atoms with van der Waals surface area (Å²) >= 11 is 1.72. The Bertz CT molecular complexity index is 813. The number of ether oxygens (including phenoxy) is 1. The number of thiophene rings is 1. The molecule has 188 valence electrons. The standard InChI is InChI=1S/C27H39NO5S/c28-19-20-18-23(30)22(21(20)8-3-1-2-4-12-26(32)33-16-15-29)9-5-10-24(31)27(13-7-14-27)25-11-6-17-34-25/h5-6,9,11,17,20-24,29-31H,1-4,7-8,10,12-16,18H2/t20-,21-,22+,23+,24?/m0/s1. The number of hydrogen-bond donors (Lipinski definition) is 3. The number of esters is 1. The Hall–Kier alpha value is -1.72. The van der Waals surface area contributed by atoms with Gasteiger partial charge in [0.15, 0.2) is 0 Å². The van der Waals surface area contributed by atoms with Crippen LogP contribution in [0.25, 0.3) is 0 Å². The van der Waals surface area contributed by atoms with Crippen molar-refractivity contribution in [3.05, 3.63) is 34.5 Å². The lowest BCUT2D eigenvalue weighted by Crippen LogP contribution is -2.44. The van der Waals surface area contributed by atoms with Gasteiger partial charge in [0.1, 0.15) is 6.61 Å². The van der Waals surface area contributed by atoms with E-state index < -0.39 is 12.2 Å². The molecule has 0 amide bonds. The van der Waals surface area contributed by atoms with Crippen LogP contribution in [0.5, 0.6) is 0 Å². The van der Waals surface area contributed by atoms with Crippen molar-refractivity contribution in [1.29, 1.82) is 5.26 Å². The van der Waals surface area contributed by atoms with Gasteiger partial charge in [-0.15, -0.1) is 11.3 Å². The highest BCUT2D eigenvalue weighted by molar-refractivity contribution is 7.10. The van der Waals surface area contributed by atoms with Crippen LogP contribution in [0.4, 0.5) is 0 Å². The minimum absolute atomic E-state index is 0.0515. The fourth-order valence-corrected chi connectivity index (χ4v) is 6.68. The summed E-state index contributed by atoms with van der Waals surface area (Å²) in [6.07, 6.45) is 12.2. The van der Waals surface area contributed by atoms with Crippen molar-refractivity contribution in [2.24, 2.45) is 17.8 Å². The number of rotatable bonds is 14. The van der Waals surface area contributed by atoms with Gasteiger partial charge < -0.3 is 20.1 Å². The average molecular weight is 490 g/mol. The van der Waals surface area contributed by atoms with E-state index in [0.717, 1.165) is 51.4 Å². The van der Waals surface area contributed by atoms with Gasteiger partial charge in [-0.25, -0.2) is 0 Å². The van der Waals surface area contributed by atoms with Crippen molar-refractivity contribution in [2.45, 2.75) is 88.3 Å². The van der Waals surface area contributed by atoms with Gasteiger partial charge in [0.2, 0.25) is 0 Å². The minimum atomic E-state index is -0.515.